The summed E-state index contributed by atoms with van der Waals surface area (Å²) in [6, 6.07) is 9.73. The third-order valence-electron chi connectivity index (χ3n) is 3.60. The average Bonchev–Trinajstić information content (AvgIpc) is 2.55. The Kier molecular flexibility index (Phi) is 10.00. The van der Waals surface area contributed by atoms with E-state index in [1.807, 2.05) is 37.3 Å². The number of carbonyl (C=O) groups excluding carboxylic acids is 1. The molecule has 0 radical (unpaired) electrons. The van der Waals surface area contributed by atoms with Crippen molar-refractivity contribution in [3.8, 4) is 0 Å². The van der Waals surface area contributed by atoms with Crippen LogP contribution < -0.4 is 5.32 Å². The highest BCUT2D eigenvalue weighted by Gasteiger charge is 2.10. The quantitative estimate of drug-likeness (QED) is 0.582. The predicted molar refractivity (Wildman–Crippen MR) is 93.0 cm³/mol. The number of aliphatic hydroxyl groups is 1. The Bertz CT molecular complexity index is 447. The lowest BCUT2D eigenvalue weighted by atomic mass is 10.1. The van der Waals surface area contributed by atoms with Gasteiger partial charge in [0.15, 0.2) is 0 Å². The number of hydrogen-bond donors (Lipinski definition) is 2. The monoisotopic (exact) mass is 319 g/mol. The lowest BCUT2D eigenvalue weighted by Crippen LogP contribution is -2.36. The molecule has 1 amide bonds. The van der Waals surface area contributed by atoms with E-state index in [1.54, 1.807) is 6.08 Å². The maximum Gasteiger partial charge on any atom is 0.220 e. The first-order valence-electron chi connectivity index (χ1n) is 8.37. The Morgan fingerprint density at radius 1 is 1.35 bits per heavy atom. The number of hydrogen-bond acceptors (Lipinski definition) is 3. The summed E-state index contributed by atoms with van der Waals surface area (Å²) in [4.78, 5) is 11.9. The molecule has 0 fully saturated rings. The van der Waals surface area contributed by atoms with Crippen LogP contribution in [0.3, 0.4) is 0 Å². The molecule has 1 aromatic carbocycles. The molecular weight excluding hydrogens is 290 g/mol. The second kappa shape index (κ2) is 11.9. The summed E-state index contributed by atoms with van der Waals surface area (Å²) < 4.78 is 5.62. The third-order valence-corrected chi connectivity index (χ3v) is 3.60. The normalized spacial score (nSPS) is 13.3. The second-order valence-corrected chi connectivity index (χ2v) is 5.75. The molecule has 1 rings (SSSR count). The van der Waals surface area contributed by atoms with Crippen molar-refractivity contribution in [3.05, 3.63) is 48.6 Å². The van der Waals surface area contributed by atoms with Crippen molar-refractivity contribution in [3.63, 3.8) is 0 Å². The number of nitrogens with one attached hydrogen (secondary N) is 1. The van der Waals surface area contributed by atoms with Crippen LogP contribution in [0.15, 0.2) is 43.0 Å². The Labute approximate surface area is 139 Å². The minimum absolute atomic E-state index is 0.0260. The van der Waals surface area contributed by atoms with E-state index in [9.17, 15) is 9.90 Å². The topological polar surface area (TPSA) is 58.6 Å². The fourth-order valence-electron chi connectivity index (χ4n) is 2.30. The summed E-state index contributed by atoms with van der Waals surface area (Å²) in [5.74, 6) is -0.0260. The lowest BCUT2D eigenvalue weighted by Gasteiger charge is -2.15. The number of ether oxygens (including phenoxy) is 1. The Balaban J connectivity index is 2.19. The van der Waals surface area contributed by atoms with E-state index in [-0.39, 0.29) is 18.1 Å². The fourth-order valence-corrected chi connectivity index (χ4v) is 2.30. The summed E-state index contributed by atoms with van der Waals surface area (Å²) >= 11 is 0. The average molecular weight is 319 g/mol. The first kappa shape index (κ1) is 19.4. The summed E-state index contributed by atoms with van der Waals surface area (Å²) in [6.45, 7) is 6.70. The molecule has 0 aliphatic carbocycles. The zero-order valence-corrected chi connectivity index (χ0v) is 14.0. The van der Waals surface area contributed by atoms with Crippen LogP contribution in [0, 0.1) is 0 Å². The minimum Gasteiger partial charge on any atom is -0.393 e. The van der Waals surface area contributed by atoms with Crippen LogP contribution in [0.25, 0.3) is 0 Å². The van der Waals surface area contributed by atoms with Crippen molar-refractivity contribution in [2.24, 2.45) is 0 Å². The molecule has 4 heteroatoms. The van der Waals surface area contributed by atoms with Crippen molar-refractivity contribution in [1.82, 2.24) is 5.32 Å². The van der Waals surface area contributed by atoms with Crippen LogP contribution >= 0.6 is 0 Å². The Morgan fingerprint density at radius 2 is 2.09 bits per heavy atom. The third kappa shape index (κ3) is 9.16. The van der Waals surface area contributed by atoms with Crippen molar-refractivity contribution in [2.75, 3.05) is 6.61 Å². The predicted octanol–water partition coefficient (Wildman–Crippen LogP) is 3.21. The highest BCUT2D eigenvalue weighted by Crippen LogP contribution is 2.07. The molecule has 0 unspecified atom stereocenters. The second-order valence-electron chi connectivity index (χ2n) is 5.75. The molecular formula is C19H29NO3. The molecule has 0 aromatic heterocycles. The van der Waals surface area contributed by atoms with Gasteiger partial charge < -0.3 is 15.2 Å². The van der Waals surface area contributed by atoms with E-state index in [0.29, 0.717) is 32.5 Å². The number of rotatable bonds is 12. The zero-order valence-electron chi connectivity index (χ0n) is 14.0. The van der Waals surface area contributed by atoms with E-state index < -0.39 is 0 Å². The van der Waals surface area contributed by atoms with Crippen molar-refractivity contribution < 1.29 is 14.6 Å². The number of carbonyl (C=O) groups is 1. The highest BCUT2D eigenvalue weighted by atomic mass is 16.5. The van der Waals surface area contributed by atoms with Gasteiger partial charge in [-0.15, -0.1) is 6.58 Å². The van der Waals surface area contributed by atoms with E-state index in [2.05, 4.69) is 11.9 Å². The molecule has 0 saturated heterocycles. The minimum atomic E-state index is -0.294. The Morgan fingerprint density at radius 3 is 2.74 bits per heavy atom. The molecule has 0 spiro atoms. The van der Waals surface area contributed by atoms with Gasteiger partial charge in [0.25, 0.3) is 0 Å². The molecule has 0 aliphatic rings. The van der Waals surface area contributed by atoms with Crippen molar-refractivity contribution in [1.29, 1.82) is 0 Å². The van der Waals surface area contributed by atoms with Gasteiger partial charge in [-0.1, -0.05) is 49.8 Å². The molecule has 23 heavy (non-hydrogen) atoms. The van der Waals surface area contributed by atoms with Crippen LogP contribution in [-0.4, -0.2) is 29.8 Å². The van der Waals surface area contributed by atoms with Gasteiger partial charge in [0.05, 0.1) is 25.4 Å². The fraction of sp³-hybridized carbons (Fsp3) is 0.526. The lowest BCUT2D eigenvalue weighted by molar-refractivity contribution is -0.122. The van der Waals surface area contributed by atoms with Crippen molar-refractivity contribution >= 4 is 5.91 Å². The van der Waals surface area contributed by atoms with Crippen LogP contribution in [-0.2, 0) is 16.1 Å². The van der Waals surface area contributed by atoms with Crippen LogP contribution in [0.4, 0.5) is 0 Å². The van der Waals surface area contributed by atoms with Crippen LogP contribution in [0.5, 0.6) is 0 Å². The maximum atomic E-state index is 11.9. The summed E-state index contributed by atoms with van der Waals surface area (Å²) in [6.07, 6.45) is 4.94. The summed E-state index contributed by atoms with van der Waals surface area (Å²) in [5.41, 5.74) is 1.10. The van der Waals surface area contributed by atoms with E-state index >= 15 is 0 Å². The smallest absolute Gasteiger partial charge is 0.220 e. The molecule has 0 aliphatic heterocycles. The number of benzene rings is 1. The van der Waals surface area contributed by atoms with E-state index in [4.69, 9.17) is 4.74 Å². The van der Waals surface area contributed by atoms with Gasteiger partial charge >= 0.3 is 0 Å². The number of amides is 1. The van der Waals surface area contributed by atoms with Gasteiger partial charge in [-0.2, -0.15) is 0 Å². The van der Waals surface area contributed by atoms with Crippen LogP contribution in [0.1, 0.15) is 44.6 Å². The molecule has 0 heterocycles. The zero-order chi connectivity index (χ0) is 16.9. The molecule has 2 N–H and O–H groups in total. The van der Waals surface area contributed by atoms with Crippen molar-refractivity contribution in [2.45, 2.75) is 57.8 Å². The van der Waals surface area contributed by atoms with Gasteiger partial charge in [0.2, 0.25) is 5.91 Å². The van der Waals surface area contributed by atoms with E-state index in [1.165, 1.54) is 0 Å². The van der Waals surface area contributed by atoms with E-state index in [0.717, 1.165) is 18.4 Å². The SMILES string of the molecule is C=C[C@H](COCc1ccccc1)NC(=O)CCC[C@@H](O)CCC. The molecule has 4 nitrogen and oxygen atoms in total. The number of aliphatic hydroxyl groups excluding tert-OH is 1. The Hall–Kier alpha value is -1.65. The molecule has 2 atom stereocenters. The molecule has 1 aromatic rings. The molecule has 0 saturated carbocycles. The summed E-state index contributed by atoms with van der Waals surface area (Å²) in [5, 5.41) is 12.5. The van der Waals surface area contributed by atoms with Gasteiger partial charge in [-0.05, 0) is 24.8 Å². The first-order chi connectivity index (χ1) is 11.2. The van der Waals surface area contributed by atoms with Gasteiger partial charge in [0.1, 0.15) is 0 Å². The standard InChI is InChI=1S/C19H29NO3/c1-3-9-18(21)12-8-13-19(22)20-17(4-2)15-23-14-16-10-6-5-7-11-16/h4-7,10-11,17-18,21H,2-3,8-9,12-15H2,1H3,(H,20,22)/t17-,18+/m1/s1. The summed E-state index contributed by atoms with van der Waals surface area (Å²) in [7, 11) is 0. The first-order valence-corrected chi connectivity index (χ1v) is 8.37. The van der Waals surface area contributed by atoms with Crippen LogP contribution in [0.2, 0.25) is 0 Å². The molecule has 0 bridgehead atoms. The highest BCUT2D eigenvalue weighted by molar-refractivity contribution is 5.76. The maximum absolute atomic E-state index is 11.9. The largest absolute Gasteiger partial charge is 0.393 e. The van der Waals surface area contributed by atoms with Gasteiger partial charge in [0, 0.05) is 6.42 Å². The molecule has 128 valence electrons. The van der Waals surface area contributed by atoms with Gasteiger partial charge in [-0.3, -0.25) is 4.79 Å². The van der Waals surface area contributed by atoms with Gasteiger partial charge in [-0.25, -0.2) is 0 Å².